The molecule has 0 radical (unpaired) electrons. The van der Waals surface area contributed by atoms with E-state index in [9.17, 15) is 17.6 Å². The molecule has 1 fully saturated rings. The molecule has 3 N–H and O–H groups in total. The Morgan fingerprint density at radius 2 is 2.14 bits per heavy atom. The van der Waals surface area contributed by atoms with Crippen LogP contribution in [0.4, 0.5) is 15.8 Å². The van der Waals surface area contributed by atoms with Crippen molar-refractivity contribution in [3.63, 3.8) is 0 Å². The Kier molecular flexibility index (Phi) is 5.94. The lowest BCUT2D eigenvalue weighted by Gasteiger charge is -2.18. The maximum Gasteiger partial charge on any atom is 0.235 e. The number of anilines is 2. The molecular formula is C12H17ClFN3O3S. The maximum atomic E-state index is 13.8. The Labute approximate surface area is 129 Å². The zero-order chi connectivity index (χ0) is 14.8. The van der Waals surface area contributed by atoms with Gasteiger partial charge in [-0.3, -0.25) is 9.10 Å². The summed E-state index contributed by atoms with van der Waals surface area (Å²) in [6, 6.07) is 3.85. The number of hydrogen-bond donors (Lipinski definition) is 2. The van der Waals surface area contributed by atoms with Gasteiger partial charge in [0.1, 0.15) is 5.82 Å². The molecule has 0 aromatic heterocycles. The molecule has 1 aliphatic heterocycles. The van der Waals surface area contributed by atoms with Gasteiger partial charge in [0.05, 0.1) is 11.4 Å². The second kappa shape index (κ2) is 7.06. The van der Waals surface area contributed by atoms with Crippen LogP contribution in [-0.4, -0.2) is 33.2 Å². The van der Waals surface area contributed by atoms with Gasteiger partial charge in [-0.1, -0.05) is 0 Å². The van der Waals surface area contributed by atoms with Gasteiger partial charge in [-0.15, -0.1) is 12.4 Å². The highest BCUT2D eigenvalue weighted by molar-refractivity contribution is 7.93. The van der Waals surface area contributed by atoms with Crippen LogP contribution in [0.25, 0.3) is 0 Å². The summed E-state index contributed by atoms with van der Waals surface area (Å²) in [5.74, 6) is -0.919. The molecule has 1 aromatic rings. The molecule has 118 valence electrons. The van der Waals surface area contributed by atoms with Gasteiger partial charge in [0, 0.05) is 25.2 Å². The zero-order valence-electron chi connectivity index (χ0n) is 11.2. The molecule has 0 atom stereocenters. The summed E-state index contributed by atoms with van der Waals surface area (Å²) in [6.45, 7) is 0.458. The van der Waals surface area contributed by atoms with Crippen molar-refractivity contribution in [3.05, 3.63) is 24.0 Å². The Bertz CT molecular complexity index is 624. The van der Waals surface area contributed by atoms with Crippen LogP contribution in [0.15, 0.2) is 18.2 Å². The smallest absolute Gasteiger partial charge is 0.235 e. The second-order valence-corrected chi connectivity index (χ2v) is 6.51. The van der Waals surface area contributed by atoms with Crippen LogP contribution in [-0.2, 0) is 14.8 Å². The van der Waals surface area contributed by atoms with E-state index in [4.69, 9.17) is 5.73 Å². The van der Waals surface area contributed by atoms with Crippen molar-refractivity contribution < 1.29 is 17.6 Å². The van der Waals surface area contributed by atoms with Crippen molar-refractivity contribution in [2.45, 2.75) is 12.8 Å². The van der Waals surface area contributed by atoms with Crippen molar-refractivity contribution in [1.82, 2.24) is 0 Å². The van der Waals surface area contributed by atoms with Crippen molar-refractivity contribution >= 4 is 39.7 Å². The molecule has 9 heteroatoms. The van der Waals surface area contributed by atoms with Gasteiger partial charge in [0.2, 0.25) is 15.9 Å². The van der Waals surface area contributed by atoms with Crippen molar-refractivity contribution in [2.75, 3.05) is 28.5 Å². The summed E-state index contributed by atoms with van der Waals surface area (Å²) < 4.78 is 38.5. The molecule has 21 heavy (non-hydrogen) atoms. The molecule has 6 nitrogen and oxygen atoms in total. The third kappa shape index (κ3) is 4.05. The first-order valence-corrected chi connectivity index (χ1v) is 7.85. The Hall–Kier alpha value is -1.38. The first-order chi connectivity index (χ1) is 9.44. The van der Waals surface area contributed by atoms with E-state index in [0.29, 0.717) is 12.1 Å². The molecule has 0 aliphatic carbocycles. The molecule has 1 aromatic carbocycles. The van der Waals surface area contributed by atoms with Gasteiger partial charge >= 0.3 is 0 Å². The molecular weight excluding hydrogens is 321 g/mol. The number of nitrogens with zero attached hydrogens (tertiary/aromatic N) is 1. The average molecular weight is 338 g/mol. The Balaban J connectivity index is 0.00000220. The van der Waals surface area contributed by atoms with Crippen molar-refractivity contribution in [3.8, 4) is 0 Å². The largest absolute Gasteiger partial charge is 0.330 e. The third-order valence-corrected chi connectivity index (χ3v) is 4.82. The number of carbonyl (C=O) groups excluding carboxylic acids is 1. The predicted molar refractivity (Wildman–Crippen MR) is 81.7 cm³/mol. The molecule has 1 saturated heterocycles. The molecule has 1 amide bonds. The average Bonchev–Trinajstić information content (AvgIpc) is 2.72. The van der Waals surface area contributed by atoms with E-state index < -0.39 is 15.8 Å². The summed E-state index contributed by atoms with van der Waals surface area (Å²) in [4.78, 5) is 11.4. The number of carbonyl (C=O) groups is 1. The maximum absolute atomic E-state index is 13.8. The molecule has 0 saturated carbocycles. The number of amides is 1. The van der Waals surface area contributed by atoms with E-state index in [0.717, 1.165) is 10.4 Å². The summed E-state index contributed by atoms with van der Waals surface area (Å²) in [6.07, 6.45) is 0.611. The highest BCUT2D eigenvalue weighted by Crippen LogP contribution is 2.29. The van der Waals surface area contributed by atoms with Crippen LogP contribution >= 0.6 is 12.4 Å². The quantitative estimate of drug-likeness (QED) is 0.859. The van der Waals surface area contributed by atoms with Crippen molar-refractivity contribution in [2.24, 2.45) is 5.73 Å². The third-order valence-electron chi connectivity index (χ3n) is 2.97. The summed E-state index contributed by atoms with van der Waals surface area (Å²) in [7, 11) is -3.46. The highest BCUT2D eigenvalue weighted by Gasteiger charge is 2.30. The number of hydrogen-bond acceptors (Lipinski definition) is 4. The fourth-order valence-electron chi connectivity index (χ4n) is 2.05. The lowest BCUT2D eigenvalue weighted by atomic mass is 10.2. The number of sulfonamides is 1. The summed E-state index contributed by atoms with van der Waals surface area (Å²) in [5.41, 5.74) is 5.58. The number of benzene rings is 1. The standard InChI is InChI=1S/C12H16FN3O3S.ClH/c13-10-3-2-9(15-12(17)4-5-14)8-11(10)16-6-1-7-20(16,18)19;/h2-3,8H,1,4-7,14H2,(H,15,17);1H. The van der Waals surface area contributed by atoms with E-state index in [2.05, 4.69) is 5.32 Å². The van der Waals surface area contributed by atoms with Crippen LogP contribution in [0.2, 0.25) is 0 Å². The van der Waals surface area contributed by atoms with Gasteiger partial charge in [-0.05, 0) is 24.6 Å². The number of halogens is 2. The normalized spacial score (nSPS) is 16.4. The van der Waals surface area contributed by atoms with Crippen LogP contribution in [0.5, 0.6) is 0 Å². The van der Waals surface area contributed by atoms with Gasteiger partial charge in [-0.2, -0.15) is 0 Å². The van der Waals surface area contributed by atoms with E-state index in [1.54, 1.807) is 0 Å². The molecule has 0 spiro atoms. The minimum atomic E-state index is -3.46. The lowest BCUT2D eigenvalue weighted by Crippen LogP contribution is -2.26. The van der Waals surface area contributed by atoms with E-state index in [-0.39, 0.29) is 49.3 Å². The van der Waals surface area contributed by atoms with E-state index in [1.807, 2.05) is 0 Å². The minimum absolute atomic E-state index is 0. The first kappa shape index (κ1) is 17.7. The van der Waals surface area contributed by atoms with Crippen LogP contribution in [0.3, 0.4) is 0 Å². The highest BCUT2D eigenvalue weighted by atomic mass is 35.5. The topological polar surface area (TPSA) is 92.5 Å². The molecule has 1 aliphatic rings. The lowest BCUT2D eigenvalue weighted by molar-refractivity contribution is -0.116. The van der Waals surface area contributed by atoms with E-state index in [1.165, 1.54) is 12.1 Å². The molecule has 1 heterocycles. The fraction of sp³-hybridized carbons (Fsp3) is 0.417. The molecule has 0 unspecified atom stereocenters. The predicted octanol–water partition coefficient (Wildman–Crippen LogP) is 1.07. The second-order valence-electron chi connectivity index (χ2n) is 4.49. The minimum Gasteiger partial charge on any atom is -0.330 e. The Morgan fingerprint density at radius 1 is 1.43 bits per heavy atom. The van der Waals surface area contributed by atoms with E-state index >= 15 is 0 Å². The SMILES string of the molecule is Cl.NCCC(=O)Nc1ccc(F)c(N2CCCS2(=O)=O)c1. The zero-order valence-corrected chi connectivity index (χ0v) is 12.8. The summed E-state index contributed by atoms with van der Waals surface area (Å²) in [5, 5.41) is 2.55. The van der Waals surface area contributed by atoms with Crippen LogP contribution in [0, 0.1) is 5.82 Å². The van der Waals surface area contributed by atoms with Crippen molar-refractivity contribution in [1.29, 1.82) is 0 Å². The molecule has 2 rings (SSSR count). The number of nitrogens with one attached hydrogen (secondary N) is 1. The Morgan fingerprint density at radius 3 is 2.71 bits per heavy atom. The van der Waals surface area contributed by atoms with Crippen LogP contribution in [0.1, 0.15) is 12.8 Å². The van der Waals surface area contributed by atoms with Crippen LogP contribution < -0.4 is 15.4 Å². The number of rotatable bonds is 4. The van der Waals surface area contributed by atoms with Gasteiger partial charge in [-0.25, -0.2) is 12.8 Å². The molecule has 0 bridgehead atoms. The summed E-state index contributed by atoms with van der Waals surface area (Å²) >= 11 is 0. The van der Waals surface area contributed by atoms with Gasteiger partial charge in [0.15, 0.2) is 0 Å². The number of nitrogens with two attached hydrogens (primary N) is 1. The first-order valence-electron chi connectivity index (χ1n) is 6.24. The fourth-order valence-corrected chi connectivity index (χ4v) is 3.61. The van der Waals surface area contributed by atoms with Gasteiger partial charge < -0.3 is 11.1 Å². The van der Waals surface area contributed by atoms with Gasteiger partial charge in [0.25, 0.3) is 0 Å². The monoisotopic (exact) mass is 337 g/mol.